The zero-order valence-corrected chi connectivity index (χ0v) is 30.7. The zero-order chi connectivity index (χ0) is 37.3. The Labute approximate surface area is 307 Å². The van der Waals surface area contributed by atoms with Crippen molar-refractivity contribution in [3.63, 3.8) is 0 Å². The van der Waals surface area contributed by atoms with Crippen LogP contribution in [-0.2, 0) is 17.0 Å². The minimum Gasteiger partial charge on any atom is -0.457 e. The summed E-state index contributed by atoms with van der Waals surface area (Å²) in [5.41, 5.74) is 6.94. The van der Waals surface area contributed by atoms with Crippen molar-refractivity contribution in [3.8, 4) is 17.3 Å². The molecule has 0 N–H and O–H groups in total. The highest BCUT2D eigenvalue weighted by molar-refractivity contribution is 6.09. The van der Waals surface area contributed by atoms with E-state index in [4.69, 9.17) is 9.72 Å². The van der Waals surface area contributed by atoms with Crippen LogP contribution in [0.1, 0.15) is 58.2 Å². The SMILES string of the molecule is CC(C)(C)c1cc(Oc2ccc3c4ccccc4n(-c4cc(C(C)(C)C)ccn4)c3c2)cc(N2CN(c3ccc(C(F)(F)F)cc3)c3ccccc32)c1. The lowest BCUT2D eigenvalue weighted by Crippen LogP contribution is -2.24. The van der Waals surface area contributed by atoms with Crippen LogP contribution in [0.15, 0.2) is 128 Å². The second-order valence-electron chi connectivity index (χ2n) is 15.8. The fraction of sp³-hybridized carbons (Fsp3) is 0.222. The molecule has 5 aromatic carbocycles. The Morgan fingerprint density at radius 2 is 1.19 bits per heavy atom. The number of alkyl halides is 3. The largest absolute Gasteiger partial charge is 0.457 e. The molecule has 0 fully saturated rings. The van der Waals surface area contributed by atoms with Crippen molar-refractivity contribution in [3.05, 3.63) is 144 Å². The normalized spacial score (nSPS) is 13.6. The van der Waals surface area contributed by atoms with Gasteiger partial charge in [-0.1, -0.05) is 71.9 Å². The van der Waals surface area contributed by atoms with Gasteiger partial charge in [-0.25, -0.2) is 4.98 Å². The number of para-hydroxylation sites is 3. The number of ether oxygens (including phenoxy) is 1. The second-order valence-corrected chi connectivity index (χ2v) is 15.8. The molecule has 7 aromatic rings. The molecule has 0 amide bonds. The lowest BCUT2D eigenvalue weighted by molar-refractivity contribution is -0.137. The van der Waals surface area contributed by atoms with Crippen LogP contribution in [0.2, 0.25) is 0 Å². The number of hydrogen-bond donors (Lipinski definition) is 0. The predicted molar refractivity (Wildman–Crippen MR) is 210 cm³/mol. The van der Waals surface area contributed by atoms with Gasteiger partial charge in [0.05, 0.1) is 28.0 Å². The third kappa shape index (κ3) is 6.37. The monoisotopic (exact) mass is 710 g/mol. The van der Waals surface area contributed by atoms with Crippen LogP contribution in [0.5, 0.6) is 11.5 Å². The Kier molecular flexibility index (Phi) is 8.05. The first-order valence-corrected chi connectivity index (χ1v) is 17.8. The van der Waals surface area contributed by atoms with E-state index in [9.17, 15) is 13.2 Å². The molecule has 268 valence electrons. The molecule has 0 radical (unpaired) electrons. The summed E-state index contributed by atoms with van der Waals surface area (Å²) in [5.74, 6) is 2.23. The average molecular weight is 711 g/mol. The van der Waals surface area contributed by atoms with Crippen LogP contribution >= 0.6 is 0 Å². The topological polar surface area (TPSA) is 33.5 Å². The van der Waals surface area contributed by atoms with E-state index in [0.717, 1.165) is 62.4 Å². The van der Waals surface area contributed by atoms with Crippen LogP contribution in [0, 0.1) is 0 Å². The van der Waals surface area contributed by atoms with Gasteiger partial charge in [-0.3, -0.25) is 4.57 Å². The predicted octanol–water partition coefficient (Wildman–Crippen LogP) is 12.8. The molecule has 2 aromatic heterocycles. The third-order valence-corrected chi connectivity index (χ3v) is 10.0. The number of nitrogens with zero attached hydrogens (tertiary/aromatic N) is 4. The van der Waals surface area contributed by atoms with E-state index in [1.54, 1.807) is 0 Å². The number of rotatable bonds is 5. The molecule has 8 rings (SSSR count). The highest BCUT2D eigenvalue weighted by Crippen LogP contribution is 2.46. The standard InChI is InChI=1S/C45H41F3N4O/c1-43(2,3)30-21-22-49-42(25-30)52-38-12-8-7-11-36(38)37-20-19-34(27-41(37)52)53-35-24-31(44(4,5)6)23-33(26-35)51-28-50(39-13-9-10-14-40(39)51)32-17-15-29(16-18-32)45(46,47)48/h7-27H,28H2,1-6H3. The fourth-order valence-electron chi connectivity index (χ4n) is 7.12. The maximum absolute atomic E-state index is 13.4. The van der Waals surface area contributed by atoms with Crippen molar-refractivity contribution < 1.29 is 17.9 Å². The summed E-state index contributed by atoms with van der Waals surface area (Å²) in [4.78, 5) is 9.05. The Morgan fingerprint density at radius 3 is 1.87 bits per heavy atom. The summed E-state index contributed by atoms with van der Waals surface area (Å²) >= 11 is 0. The molecule has 8 heteroatoms. The minimum absolute atomic E-state index is 0.0366. The molecule has 0 atom stereocenters. The lowest BCUT2D eigenvalue weighted by Gasteiger charge is -2.26. The van der Waals surface area contributed by atoms with Gasteiger partial charge in [0.1, 0.15) is 24.0 Å². The number of halogens is 3. The molecular formula is C45H41F3N4O. The quantitative estimate of drug-likeness (QED) is 0.178. The van der Waals surface area contributed by atoms with Gasteiger partial charge < -0.3 is 14.5 Å². The van der Waals surface area contributed by atoms with Gasteiger partial charge in [0.25, 0.3) is 0 Å². The van der Waals surface area contributed by atoms with E-state index in [0.29, 0.717) is 23.9 Å². The van der Waals surface area contributed by atoms with Crippen molar-refractivity contribution >= 4 is 44.6 Å². The fourth-order valence-corrected chi connectivity index (χ4v) is 7.12. The first-order valence-electron chi connectivity index (χ1n) is 17.8. The van der Waals surface area contributed by atoms with Gasteiger partial charge in [0, 0.05) is 40.5 Å². The number of fused-ring (bicyclic) bond motifs is 4. The Hall–Kier alpha value is -5.76. The van der Waals surface area contributed by atoms with Crippen molar-refractivity contribution in [2.75, 3.05) is 16.5 Å². The zero-order valence-electron chi connectivity index (χ0n) is 30.7. The number of benzene rings is 5. The summed E-state index contributed by atoms with van der Waals surface area (Å²) in [7, 11) is 0. The third-order valence-electron chi connectivity index (χ3n) is 10.0. The number of hydrogen-bond acceptors (Lipinski definition) is 4. The maximum Gasteiger partial charge on any atom is 0.416 e. The molecule has 5 nitrogen and oxygen atoms in total. The molecule has 3 heterocycles. The molecule has 0 unspecified atom stereocenters. The van der Waals surface area contributed by atoms with E-state index >= 15 is 0 Å². The summed E-state index contributed by atoms with van der Waals surface area (Å²) in [6.07, 6.45) is -2.52. The highest BCUT2D eigenvalue weighted by atomic mass is 19.4. The smallest absolute Gasteiger partial charge is 0.416 e. The highest BCUT2D eigenvalue weighted by Gasteiger charge is 2.32. The first-order chi connectivity index (χ1) is 25.1. The van der Waals surface area contributed by atoms with Crippen LogP contribution in [0.4, 0.5) is 35.9 Å². The molecule has 0 saturated heterocycles. The average Bonchev–Trinajstić information content (AvgIpc) is 3.67. The summed E-state index contributed by atoms with van der Waals surface area (Å²) in [5, 5.41) is 2.25. The Balaban J connectivity index is 1.20. The van der Waals surface area contributed by atoms with Gasteiger partial charge in [-0.15, -0.1) is 0 Å². The molecule has 0 spiro atoms. The van der Waals surface area contributed by atoms with Gasteiger partial charge in [0.15, 0.2) is 0 Å². The Morgan fingerprint density at radius 1 is 0.547 bits per heavy atom. The molecule has 1 aliphatic rings. The second kappa shape index (κ2) is 12.4. The van der Waals surface area contributed by atoms with E-state index in [-0.39, 0.29) is 10.8 Å². The van der Waals surface area contributed by atoms with E-state index in [2.05, 4.69) is 112 Å². The minimum atomic E-state index is -4.40. The van der Waals surface area contributed by atoms with Crippen molar-refractivity contribution in [2.45, 2.75) is 58.5 Å². The van der Waals surface area contributed by atoms with Crippen LogP contribution in [0.3, 0.4) is 0 Å². The van der Waals surface area contributed by atoms with Crippen LogP contribution in [0.25, 0.3) is 27.6 Å². The molecule has 53 heavy (non-hydrogen) atoms. The maximum atomic E-state index is 13.4. The molecule has 0 bridgehead atoms. The number of aromatic nitrogens is 2. The number of anilines is 4. The molecule has 1 aliphatic heterocycles. The Bertz CT molecular complexity index is 2490. The van der Waals surface area contributed by atoms with E-state index in [1.807, 2.05) is 47.5 Å². The first kappa shape index (κ1) is 34.3. The van der Waals surface area contributed by atoms with Crippen molar-refractivity contribution in [1.29, 1.82) is 0 Å². The summed E-state index contributed by atoms with van der Waals surface area (Å²) in [6, 6.07) is 38.5. The van der Waals surface area contributed by atoms with Crippen molar-refractivity contribution in [2.24, 2.45) is 0 Å². The van der Waals surface area contributed by atoms with Gasteiger partial charge >= 0.3 is 6.18 Å². The van der Waals surface area contributed by atoms with E-state index in [1.165, 1.54) is 17.7 Å². The van der Waals surface area contributed by atoms with Crippen LogP contribution < -0.4 is 14.5 Å². The van der Waals surface area contributed by atoms with Crippen molar-refractivity contribution in [1.82, 2.24) is 9.55 Å². The molecule has 0 aliphatic carbocycles. The van der Waals surface area contributed by atoms with Gasteiger partial charge in [-0.05, 0) is 101 Å². The molecular weight excluding hydrogens is 670 g/mol. The van der Waals surface area contributed by atoms with E-state index < -0.39 is 11.7 Å². The van der Waals surface area contributed by atoms with Gasteiger partial charge in [-0.2, -0.15) is 13.2 Å². The van der Waals surface area contributed by atoms with Gasteiger partial charge in [0.2, 0.25) is 0 Å². The summed E-state index contributed by atoms with van der Waals surface area (Å²) in [6.45, 7) is 13.6. The lowest BCUT2D eigenvalue weighted by atomic mass is 9.86. The molecule has 0 saturated carbocycles. The number of pyridine rings is 1. The summed E-state index contributed by atoms with van der Waals surface area (Å²) < 4.78 is 49.1. The van der Waals surface area contributed by atoms with Crippen LogP contribution in [-0.4, -0.2) is 16.2 Å².